The lowest BCUT2D eigenvalue weighted by Crippen LogP contribution is -2.12. The fraction of sp³-hybridized carbons (Fsp3) is 0.152. The van der Waals surface area contributed by atoms with E-state index < -0.39 is 5.97 Å². The lowest BCUT2D eigenvalue weighted by molar-refractivity contribution is -0.138. The largest absolute Gasteiger partial charge is 0.506 e. The predicted molar refractivity (Wildman–Crippen MR) is 161 cm³/mol. The van der Waals surface area contributed by atoms with E-state index in [1.165, 1.54) is 11.8 Å². The summed E-state index contributed by atoms with van der Waals surface area (Å²) in [5.41, 5.74) is 2.59. The fourth-order valence-corrected chi connectivity index (χ4v) is 5.37. The molecule has 0 aliphatic carbocycles. The van der Waals surface area contributed by atoms with E-state index in [0.29, 0.717) is 40.3 Å². The molecular weight excluding hydrogens is 522 g/mol. The molecule has 0 aromatic heterocycles. The van der Waals surface area contributed by atoms with Crippen LogP contribution in [-0.2, 0) is 16.1 Å². The predicted octanol–water partition coefficient (Wildman–Crippen LogP) is 8.01. The number of para-hydroxylation sites is 1. The van der Waals surface area contributed by atoms with Crippen molar-refractivity contribution in [2.24, 2.45) is 4.99 Å². The molecule has 1 aliphatic rings. The molecule has 1 aliphatic heterocycles. The number of thioether (sulfide) groups is 1. The van der Waals surface area contributed by atoms with Crippen LogP contribution in [-0.4, -0.2) is 29.3 Å². The summed E-state index contributed by atoms with van der Waals surface area (Å²) in [4.78, 5) is 17.8. The molecule has 7 heteroatoms. The van der Waals surface area contributed by atoms with Gasteiger partial charge in [0.15, 0.2) is 11.5 Å². The number of nitrogens with zero attached hydrogens (tertiary/aromatic N) is 1. The van der Waals surface area contributed by atoms with Crippen molar-refractivity contribution in [3.8, 4) is 11.5 Å². The highest BCUT2D eigenvalue weighted by Crippen LogP contribution is 2.41. The van der Waals surface area contributed by atoms with Gasteiger partial charge in [-0.1, -0.05) is 78.5 Å². The van der Waals surface area contributed by atoms with E-state index in [4.69, 9.17) is 14.2 Å². The Morgan fingerprint density at radius 3 is 2.45 bits per heavy atom. The first-order valence-electron chi connectivity index (χ1n) is 13.1. The molecule has 0 radical (unpaired) electrons. The van der Waals surface area contributed by atoms with Crippen LogP contribution in [0.1, 0.15) is 25.0 Å². The number of aliphatic hydroxyl groups excluding tert-OH is 1. The van der Waals surface area contributed by atoms with Crippen LogP contribution in [0.25, 0.3) is 16.8 Å². The van der Waals surface area contributed by atoms with Crippen molar-refractivity contribution >= 4 is 45.3 Å². The highest BCUT2D eigenvalue weighted by atomic mass is 32.2. The number of aliphatic imine (C=N–C) groups is 1. The molecule has 5 rings (SSSR count). The van der Waals surface area contributed by atoms with Gasteiger partial charge in [0.1, 0.15) is 23.0 Å². The van der Waals surface area contributed by atoms with Gasteiger partial charge in [0.25, 0.3) is 0 Å². The van der Waals surface area contributed by atoms with Crippen molar-refractivity contribution in [2.45, 2.75) is 20.5 Å². The zero-order valence-electron chi connectivity index (χ0n) is 22.3. The maximum atomic E-state index is 12.7. The van der Waals surface area contributed by atoms with Crippen LogP contribution in [0.4, 0.5) is 5.69 Å². The summed E-state index contributed by atoms with van der Waals surface area (Å²) in [6, 6.07) is 29.3. The van der Waals surface area contributed by atoms with E-state index in [0.717, 1.165) is 21.9 Å². The quantitative estimate of drug-likeness (QED) is 0.212. The van der Waals surface area contributed by atoms with Crippen LogP contribution >= 0.6 is 11.8 Å². The maximum Gasteiger partial charge on any atom is 0.344 e. The lowest BCUT2D eigenvalue weighted by atomic mass is 10.1. The van der Waals surface area contributed by atoms with E-state index in [-0.39, 0.29) is 17.9 Å². The molecule has 4 aromatic carbocycles. The number of ether oxygens (including phenoxy) is 3. The van der Waals surface area contributed by atoms with Crippen molar-refractivity contribution in [1.29, 1.82) is 0 Å². The number of aliphatic hydroxyl groups is 1. The summed E-state index contributed by atoms with van der Waals surface area (Å²) in [6.45, 7) is 4.69. The lowest BCUT2D eigenvalue weighted by Gasteiger charge is -2.14. The van der Waals surface area contributed by atoms with Gasteiger partial charge in [0.05, 0.1) is 23.8 Å². The Morgan fingerprint density at radius 2 is 1.65 bits per heavy atom. The molecule has 0 saturated carbocycles. The molecule has 202 valence electrons. The third kappa shape index (κ3) is 6.05. The summed E-state index contributed by atoms with van der Waals surface area (Å²) in [5.74, 6) is 0.437. The topological polar surface area (TPSA) is 77.4 Å². The van der Waals surface area contributed by atoms with Gasteiger partial charge in [-0.15, -0.1) is 0 Å². The summed E-state index contributed by atoms with van der Waals surface area (Å²) in [7, 11) is 0. The molecular formula is C33H29NO5S. The van der Waals surface area contributed by atoms with Gasteiger partial charge in [-0.25, -0.2) is 9.79 Å². The number of carbonyl (C=O) groups excluding carboxylic acids is 1. The zero-order chi connectivity index (χ0) is 27.9. The maximum absolute atomic E-state index is 12.7. The number of hydrogen-bond acceptors (Lipinski definition) is 7. The Balaban J connectivity index is 1.43. The monoisotopic (exact) mass is 551 g/mol. The first-order valence-corrected chi connectivity index (χ1v) is 13.9. The van der Waals surface area contributed by atoms with Crippen LogP contribution < -0.4 is 9.47 Å². The highest BCUT2D eigenvalue weighted by molar-refractivity contribution is 8.18. The fourth-order valence-electron chi connectivity index (χ4n) is 4.34. The second kappa shape index (κ2) is 12.6. The van der Waals surface area contributed by atoms with Crippen LogP contribution in [0, 0.1) is 0 Å². The minimum atomic E-state index is -0.613. The van der Waals surface area contributed by atoms with Crippen LogP contribution in [0.2, 0.25) is 0 Å². The average molecular weight is 552 g/mol. The van der Waals surface area contributed by atoms with Crippen molar-refractivity contribution < 1.29 is 24.1 Å². The van der Waals surface area contributed by atoms with Gasteiger partial charge in [-0.3, -0.25) is 0 Å². The molecule has 1 heterocycles. The molecule has 6 nitrogen and oxygen atoms in total. The standard InChI is InChI=1S/C33H29NO5S/c1-3-37-28-19-22(17-18-27(28)39-21-24-13-10-12-23-11-8-9-16-26(23)24)20-29-31(35)30(33(36)38-4-2)32(40-29)34-25-14-6-5-7-15-25/h5-20,35H,3-4,21H2,1-2H3/b29-20-,34-32?. The van der Waals surface area contributed by atoms with E-state index in [1.54, 1.807) is 13.0 Å². The molecule has 40 heavy (non-hydrogen) atoms. The van der Waals surface area contributed by atoms with Crippen LogP contribution in [0.15, 0.2) is 112 Å². The summed E-state index contributed by atoms with van der Waals surface area (Å²) >= 11 is 1.22. The van der Waals surface area contributed by atoms with Gasteiger partial charge in [0, 0.05) is 0 Å². The van der Waals surface area contributed by atoms with Gasteiger partial charge in [-0.2, -0.15) is 0 Å². The van der Waals surface area contributed by atoms with Crippen LogP contribution in [0.5, 0.6) is 11.5 Å². The Labute approximate surface area is 237 Å². The van der Waals surface area contributed by atoms with Gasteiger partial charge < -0.3 is 19.3 Å². The highest BCUT2D eigenvalue weighted by Gasteiger charge is 2.33. The first-order chi connectivity index (χ1) is 19.6. The minimum Gasteiger partial charge on any atom is -0.506 e. The molecule has 1 N–H and O–H groups in total. The third-order valence-electron chi connectivity index (χ3n) is 6.19. The van der Waals surface area contributed by atoms with E-state index >= 15 is 0 Å². The summed E-state index contributed by atoms with van der Waals surface area (Å²) < 4.78 is 17.3. The van der Waals surface area contributed by atoms with Crippen molar-refractivity contribution in [1.82, 2.24) is 0 Å². The molecule has 0 fully saturated rings. The van der Waals surface area contributed by atoms with E-state index in [2.05, 4.69) is 29.3 Å². The number of carbonyl (C=O) groups is 1. The Hall–Kier alpha value is -4.49. The minimum absolute atomic E-state index is 0.0574. The Morgan fingerprint density at radius 1 is 0.875 bits per heavy atom. The number of fused-ring (bicyclic) bond motifs is 1. The summed E-state index contributed by atoms with van der Waals surface area (Å²) in [6.07, 6.45) is 1.80. The van der Waals surface area contributed by atoms with Crippen molar-refractivity contribution in [2.75, 3.05) is 13.2 Å². The molecule has 0 atom stereocenters. The molecule has 0 unspecified atom stereocenters. The van der Waals surface area contributed by atoms with Gasteiger partial charge in [0.2, 0.25) is 0 Å². The second-order valence-corrected chi connectivity index (χ2v) is 9.90. The smallest absolute Gasteiger partial charge is 0.344 e. The molecule has 0 saturated heterocycles. The molecule has 0 bridgehead atoms. The molecule has 0 amide bonds. The Kier molecular flexibility index (Phi) is 8.52. The van der Waals surface area contributed by atoms with Gasteiger partial charge >= 0.3 is 5.97 Å². The first kappa shape index (κ1) is 27.1. The SMILES string of the molecule is CCOC(=O)C1=C(O)/C(=C/c2ccc(OCc3cccc4ccccc34)c(OCC)c2)SC1=Nc1ccccc1. The van der Waals surface area contributed by atoms with E-state index in [1.807, 2.05) is 73.7 Å². The number of hydrogen-bond donors (Lipinski definition) is 1. The number of esters is 1. The summed E-state index contributed by atoms with van der Waals surface area (Å²) in [5, 5.41) is 13.7. The van der Waals surface area contributed by atoms with E-state index in [9.17, 15) is 9.90 Å². The number of benzene rings is 4. The third-order valence-corrected chi connectivity index (χ3v) is 7.21. The molecule has 4 aromatic rings. The van der Waals surface area contributed by atoms with Crippen molar-refractivity contribution in [3.05, 3.63) is 118 Å². The van der Waals surface area contributed by atoms with Crippen LogP contribution in [0.3, 0.4) is 0 Å². The number of rotatable bonds is 9. The second-order valence-electron chi connectivity index (χ2n) is 8.87. The Bertz CT molecular complexity index is 1620. The van der Waals surface area contributed by atoms with Crippen molar-refractivity contribution in [3.63, 3.8) is 0 Å². The zero-order valence-corrected chi connectivity index (χ0v) is 23.1. The average Bonchev–Trinajstić information content (AvgIpc) is 3.27. The normalized spacial score (nSPS) is 15.2. The molecule has 0 spiro atoms. The van der Waals surface area contributed by atoms with Gasteiger partial charge in [-0.05, 0) is 66.1 Å².